The molecule has 0 bridgehead atoms. The minimum Gasteiger partial charge on any atom is -0.477 e. The molecule has 9 nitrogen and oxygen atoms in total. The second kappa shape index (κ2) is 7.58. The van der Waals surface area contributed by atoms with Crippen molar-refractivity contribution in [3.8, 4) is 0 Å². The highest BCUT2D eigenvalue weighted by Gasteiger charge is 2.60. The van der Waals surface area contributed by atoms with Crippen LogP contribution in [0.1, 0.15) is 20.3 Å². The number of aliphatic hydroxyl groups excluding tert-OH is 1. The summed E-state index contributed by atoms with van der Waals surface area (Å²) in [4.78, 5) is 26.4. The second-order valence-electron chi connectivity index (χ2n) is 7.96. The molecule has 4 aliphatic heterocycles. The van der Waals surface area contributed by atoms with Gasteiger partial charge in [0.1, 0.15) is 5.70 Å². The lowest BCUT2D eigenvalue weighted by Crippen LogP contribution is -2.63. The lowest BCUT2D eigenvalue weighted by Gasteiger charge is -2.46. The normalized spacial score (nSPS) is 41.4. The number of carbonyl (C=O) groups is 2. The molecule has 5 N–H and O–H groups in total. The number of hydrogen-bond donors (Lipinski definition) is 4. The second-order valence-corrected chi connectivity index (χ2v) is 9.30. The van der Waals surface area contributed by atoms with Crippen LogP contribution in [0.25, 0.3) is 0 Å². The van der Waals surface area contributed by atoms with Crippen LogP contribution in [0.3, 0.4) is 0 Å². The maximum absolute atomic E-state index is 12.4. The first-order valence-corrected chi connectivity index (χ1v) is 10.6. The summed E-state index contributed by atoms with van der Waals surface area (Å²) in [5, 5.41) is 23.2. The maximum atomic E-state index is 12.4. The summed E-state index contributed by atoms with van der Waals surface area (Å²) in [6.45, 7) is 5.13. The number of fused-ring (bicyclic) bond motifs is 1. The summed E-state index contributed by atoms with van der Waals surface area (Å²) in [5.74, 6) is -2.05. The van der Waals surface area contributed by atoms with Gasteiger partial charge in [0.2, 0.25) is 5.91 Å². The van der Waals surface area contributed by atoms with Crippen molar-refractivity contribution in [3.63, 3.8) is 0 Å². The van der Waals surface area contributed by atoms with Gasteiger partial charge in [0.25, 0.3) is 0 Å². The predicted molar refractivity (Wildman–Crippen MR) is 101 cm³/mol. The van der Waals surface area contributed by atoms with Crippen molar-refractivity contribution >= 4 is 23.6 Å². The topological polar surface area (TPSA) is 134 Å². The highest BCUT2D eigenvalue weighted by molar-refractivity contribution is 8.03. The Bertz CT molecular complexity index is 701. The number of carbonyl (C=O) groups excluding carboxylic acids is 1. The zero-order chi connectivity index (χ0) is 20.2. The lowest BCUT2D eigenvalue weighted by atomic mass is 9.79. The van der Waals surface area contributed by atoms with Crippen LogP contribution >= 0.6 is 11.8 Å². The number of aliphatic hydroxyl groups is 1. The number of thioether (sulfide) groups is 1. The molecule has 28 heavy (non-hydrogen) atoms. The van der Waals surface area contributed by atoms with Gasteiger partial charge >= 0.3 is 5.97 Å². The molecule has 0 spiro atoms. The number of rotatable bonds is 6. The van der Waals surface area contributed by atoms with E-state index in [0.29, 0.717) is 19.7 Å². The summed E-state index contributed by atoms with van der Waals surface area (Å²) in [5.41, 5.74) is 5.70. The Morgan fingerprint density at radius 1 is 1.50 bits per heavy atom. The molecule has 1 amide bonds. The van der Waals surface area contributed by atoms with E-state index in [4.69, 9.17) is 15.2 Å². The van der Waals surface area contributed by atoms with Crippen molar-refractivity contribution in [1.29, 1.82) is 0 Å². The van der Waals surface area contributed by atoms with Gasteiger partial charge in [-0.25, -0.2) is 4.79 Å². The molecule has 10 heteroatoms. The van der Waals surface area contributed by atoms with E-state index in [9.17, 15) is 19.8 Å². The zero-order valence-corrected chi connectivity index (χ0v) is 16.7. The molecular weight excluding hydrogens is 386 g/mol. The van der Waals surface area contributed by atoms with E-state index >= 15 is 0 Å². The van der Waals surface area contributed by atoms with Crippen LogP contribution in [0.2, 0.25) is 0 Å². The fourth-order valence-electron chi connectivity index (χ4n) is 4.69. The predicted octanol–water partition coefficient (Wildman–Crippen LogP) is -0.696. The number of carboxylic acid groups (broad SMARTS) is 1. The Kier molecular flexibility index (Phi) is 5.45. The molecule has 3 saturated heterocycles. The maximum Gasteiger partial charge on any atom is 0.353 e. The average molecular weight is 413 g/mol. The van der Waals surface area contributed by atoms with E-state index in [-0.39, 0.29) is 47.2 Å². The van der Waals surface area contributed by atoms with Crippen LogP contribution in [0.15, 0.2) is 10.6 Å². The molecule has 0 aliphatic carbocycles. The fourth-order valence-corrected chi connectivity index (χ4v) is 6.19. The van der Waals surface area contributed by atoms with Crippen LogP contribution in [-0.2, 0) is 19.1 Å². The van der Waals surface area contributed by atoms with Gasteiger partial charge in [0, 0.05) is 29.2 Å². The van der Waals surface area contributed by atoms with E-state index < -0.39 is 18.0 Å². The van der Waals surface area contributed by atoms with Crippen molar-refractivity contribution < 1.29 is 29.3 Å². The molecule has 3 fully saturated rings. The summed E-state index contributed by atoms with van der Waals surface area (Å²) in [6.07, 6.45) is -0.440. The molecule has 2 unspecified atom stereocenters. The average Bonchev–Trinajstić information content (AvgIpc) is 3.33. The monoisotopic (exact) mass is 413 g/mol. The van der Waals surface area contributed by atoms with E-state index in [1.165, 1.54) is 16.7 Å². The third-order valence-electron chi connectivity index (χ3n) is 6.09. The molecule has 0 saturated carbocycles. The number of ether oxygens (including phenoxy) is 2. The van der Waals surface area contributed by atoms with E-state index in [1.54, 1.807) is 6.92 Å². The first-order valence-electron chi connectivity index (χ1n) is 9.69. The van der Waals surface area contributed by atoms with Gasteiger partial charge in [-0.15, -0.1) is 11.8 Å². The van der Waals surface area contributed by atoms with Gasteiger partial charge in [-0.2, -0.15) is 0 Å². The van der Waals surface area contributed by atoms with Gasteiger partial charge in [0.15, 0.2) is 6.29 Å². The van der Waals surface area contributed by atoms with E-state index in [0.717, 1.165) is 11.3 Å². The molecule has 156 valence electrons. The van der Waals surface area contributed by atoms with Gasteiger partial charge in [0.05, 0.1) is 36.8 Å². The molecule has 0 radical (unpaired) electrons. The number of nitrogens with two attached hydrogens (primary N) is 1. The molecule has 8 atom stereocenters. The first kappa shape index (κ1) is 20.1. The molecule has 0 aromatic carbocycles. The molecule has 4 heterocycles. The molecule has 4 rings (SSSR count). The van der Waals surface area contributed by atoms with Crippen LogP contribution < -0.4 is 11.1 Å². The number of amides is 1. The third kappa shape index (κ3) is 3.16. The minimum atomic E-state index is -1.09. The smallest absolute Gasteiger partial charge is 0.353 e. The fraction of sp³-hybridized carbons (Fsp3) is 0.778. The largest absolute Gasteiger partial charge is 0.477 e. The Labute approximate surface area is 167 Å². The quantitative estimate of drug-likeness (QED) is 0.417. The number of carboxylic acids is 1. The van der Waals surface area contributed by atoms with Gasteiger partial charge in [-0.05, 0) is 13.3 Å². The van der Waals surface area contributed by atoms with Crippen LogP contribution in [0, 0.1) is 11.8 Å². The van der Waals surface area contributed by atoms with Crippen LogP contribution in [0.5, 0.6) is 0 Å². The highest BCUT2D eigenvalue weighted by atomic mass is 32.2. The van der Waals surface area contributed by atoms with Gasteiger partial charge < -0.3 is 35.6 Å². The van der Waals surface area contributed by atoms with E-state index in [2.05, 4.69) is 5.32 Å². The Morgan fingerprint density at radius 3 is 2.86 bits per heavy atom. The Morgan fingerprint density at radius 2 is 2.25 bits per heavy atom. The number of nitrogens with zero attached hydrogens (tertiary/aromatic N) is 1. The zero-order valence-electron chi connectivity index (χ0n) is 15.9. The first-order chi connectivity index (χ1) is 13.3. The summed E-state index contributed by atoms with van der Waals surface area (Å²) < 4.78 is 11.5. The summed E-state index contributed by atoms with van der Waals surface area (Å²) in [7, 11) is 0. The van der Waals surface area contributed by atoms with Crippen molar-refractivity contribution in [2.45, 2.75) is 56.1 Å². The van der Waals surface area contributed by atoms with Gasteiger partial charge in [-0.3, -0.25) is 4.79 Å². The van der Waals surface area contributed by atoms with Crippen molar-refractivity contribution in [3.05, 3.63) is 10.6 Å². The van der Waals surface area contributed by atoms with E-state index in [1.807, 2.05) is 6.92 Å². The van der Waals surface area contributed by atoms with Crippen molar-refractivity contribution in [1.82, 2.24) is 10.2 Å². The van der Waals surface area contributed by atoms with Crippen molar-refractivity contribution in [2.24, 2.45) is 17.6 Å². The molecule has 0 aromatic rings. The SMILES string of the molecule is C[C@@H](O)[C@H]1C(=O)N2C(C(=O)O)=C(S[C@@H]3CN[C@H](C4OCC(CN)O4)C3)[C@H](C)[C@H]12. The number of hydrogen-bond acceptors (Lipinski definition) is 8. The molecule has 0 aromatic heterocycles. The van der Waals surface area contributed by atoms with Crippen molar-refractivity contribution in [2.75, 3.05) is 19.7 Å². The summed E-state index contributed by atoms with van der Waals surface area (Å²) >= 11 is 1.52. The molecule has 4 aliphatic rings. The number of nitrogens with one attached hydrogen (secondary N) is 1. The summed E-state index contributed by atoms with van der Waals surface area (Å²) in [6, 6.07) is -0.249. The Balaban J connectivity index is 1.46. The van der Waals surface area contributed by atoms with Crippen LogP contribution in [-0.4, -0.2) is 82.5 Å². The number of β-lactam (4-membered cyclic amide) rings is 1. The third-order valence-corrected chi connectivity index (χ3v) is 7.61. The highest BCUT2D eigenvalue weighted by Crippen LogP contribution is 2.51. The minimum absolute atomic E-state index is 0.0310. The standard InChI is InChI=1S/C18H27N3O6S/c1-7-13-12(8(2)22)16(23)21(13)14(17(24)25)15(7)28-10-3-11(20-5-10)18-26-6-9(4-19)27-18/h7-13,18,20,22H,3-6,19H2,1-2H3,(H,24,25)/t7-,8-,9?,10+,11+,12-,13-,18?/m1/s1. The lowest BCUT2D eigenvalue weighted by molar-refractivity contribution is -0.163. The van der Waals surface area contributed by atoms with Gasteiger partial charge in [-0.1, -0.05) is 6.92 Å². The molecular formula is C18H27N3O6S. The number of aliphatic carboxylic acids is 1. The Hall–Kier alpha value is -1.17. The van der Waals surface area contributed by atoms with Crippen LogP contribution in [0.4, 0.5) is 0 Å².